The Hall–Kier alpha value is -0.660. The Labute approximate surface area is 84.0 Å². The highest BCUT2D eigenvalue weighted by molar-refractivity contribution is 7.88. The summed E-state index contributed by atoms with van der Waals surface area (Å²) in [7, 11) is -1.85. The number of aliphatic hydroxyl groups excluding tert-OH is 1. The van der Waals surface area contributed by atoms with Gasteiger partial charge in [0.25, 0.3) is 0 Å². The molecule has 84 valence electrons. The van der Waals surface area contributed by atoms with Gasteiger partial charge in [-0.2, -0.15) is 0 Å². The molecule has 0 rings (SSSR count). The predicted octanol–water partition coefficient (Wildman–Crippen LogP) is -1.63. The van der Waals surface area contributed by atoms with E-state index in [1.165, 1.54) is 7.05 Å². The first-order valence-electron chi connectivity index (χ1n) is 4.14. The fourth-order valence-electron chi connectivity index (χ4n) is 0.832. The Morgan fingerprint density at radius 2 is 2.14 bits per heavy atom. The molecule has 7 heteroatoms. The van der Waals surface area contributed by atoms with Crippen molar-refractivity contribution in [2.45, 2.75) is 12.5 Å². The zero-order valence-electron chi connectivity index (χ0n) is 8.30. The summed E-state index contributed by atoms with van der Waals surface area (Å²) in [6.45, 7) is 0.377. The third-order valence-corrected chi connectivity index (χ3v) is 3.02. The van der Waals surface area contributed by atoms with Gasteiger partial charge in [0, 0.05) is 20.1 Å². The molecule has 0 bridgehead atoms. The lowest BCUT2D eigenvalue weighted by Crippen LogP contribution is -2.34. The Morgan fingerprint density at radius 1 is 1.57 bits per heavy atom. The van der Waals surface area contributed by atoms with Crippen LogP contribution in [0.5, 0.6) is 0 Å². The Balaban J connectivity index is 3.82. The molecular formula is C7H16N2O4S. The number of hydrogen-bond donors (Lipinski definition) is 2. The molecule has 0 saturated heterocycles. The highest BCUT2D eigenvalue weighted by atomic mass is 32.2. The average molecular weight is 224 g/mol. The van der Waals surface area contributed by atoms with Gasteiger partial charge in [0.15, 0.2) is 0 Å². The molecule has 0 unspecified atom stereocenters. The van der Waals surface area contributed by atoms with Gasteiger partial charge in [0.05, 0.1) is 12.4 Å². The van der Waals surface area contributed by atoms with Crippen molar-refractivity contribution in [3.8, 4) is 0 Å². The first-order chi connectivity index (χ1) is 6.38. The Bertz CT molecular complexity index is 265. The minimum Gasteiger partial charge on any atom is -0.392 e. The lowest BCUT2D eigenvalue weighted by atomic mass is 10.2. The van der Waals surface area contributed by atoms with E-state index in [1.807, 2.05) is 0 Å². The van der Waals surface area contributed by atoms with Crippen molar-refractivity contribution < 1.29 is 18.3 Å². The molecule has 0 heterocycles. The van der Waals surface area contributed by atoms with Crippen LogP contribution in [0.1, 0.15) is 6.42 Å². The SMILES string of the molecule is CN(C[C@@H](O)CCNC=O)S(C)(=O)=O. The molecule has 0 saturated carbocycles. The van der Waals surface area contributed by atoms with E-state index in [4.69, 9.17) is 0 Å². The van der Waals surface area contributed by atoms with E-state index >= 15 is 0 Å². The van der Waals surface area contributed by atoms with Gasteiger partial charge in [-0.1, -0.05) is 0 Å². The Morgan fingerprint density at radius 3 is 2.57 bits per heavy atom. The minimum absolute atomic E-state index is 0.0410. The molecular weight excluding hydrogens is 208 g/mol. The lowest BCUT2D eigenvalue weighted by molar-refractivity contribution is -0.109. The molecule has 1 atom stereocenters. The summed E-state index contributed by atoms with van der Waals surface area (Å²) in [4.78, 5) is 9.87. The topological polar surface area (TPSA) is 86.7 Å². The molecule has 0 aliphatic rings. The van der Waals surface area contributed by atoms with E-state index in [0.717, 1.165) is 10.6 Å². The number of aliphatic hydroxyl groups is 1. The first-order valence-corrected chi connectivity index (χ1v) is 5.99. The molecule has 0 aliphatic heterocycles. The van der Waals surface area contributed by atoms with E-state index in [2.05, 4.69) is 5.32 Å². The second-order valence-electron chi connectivity index (χ2n) is 3.06. The van der Waals surface area contributed by atoms with E-state index in [9.17, 15) is 18.3 Å². The number of rotatable bonds is 7. The summed E-state index contributed by atoms with van der Waals surface area (Å²) in [6, 6.07) is 0. The maximum Gasteiger partial charge on any atom is 0.211 e. The molecule has 0 radical (unpaired) electrons. The van der Waals surface area contributed by atoms with Crippen molar-refractivity contribution in [3.05, 3.63) is 0 Å². The van der Waals surface area contributed by atoms with Crippen molar-refractivity contribution in [1.29, 1.82) is 0 Å². The smallest absolute Gasteiger partial charge is 0.211 e. The summed E-state index contributed by atoms with van der Waals surface area (Å²) < 4.78 is 22.9. The van der Waals surface area contributed by atoms with E-state index in [-0.39, 0.29) is 6.54 Å². The van der Waals surface area contributed by atoms with Crippen molar-refractivity contribution >= 4 is 16.4 Å². The van der Waals surface area contributed by atoms with Gasteiger partial charge in [0.2, 0.25) is 16.4 Å². The van der Waals surface area contributed by atoms with Crippen LogP contribution in [0.25, 0.3) is 0 Å². The maximum atomic E-state index is 10.9. The third kappa shape index (κ3) is 5.90. The summed E-state index contributed by atoms with van der Waals surface area (Å²) in [5.74, 6) is 0. The van der Waals surface area contributed by atoms with Crippen molar-refractivity contribution in [2.24, 2.45) is 0 Å². The summed E-state index contributed by atoms with van der Waals surface area (Å²) in [6.07, 6.45) is 1.18. The van der Waals surface area contributed by atoms with Crippen LogP contribution in [0.3, 0.4) is 0 Å². The van der Waals surface area contributed by atoms with E-state index < -0.39 is 16.1 Å². The largest absolute Gasteiger partial charge is 0.392 e. The zero-order valence-corrected chi connectivity index (χ0v) is 9.12. The van der Waals surface area contributed by atoms with Crippen LogP contribution < -0.4 is 5.32 Å². The van der Waals surface area contributed by atoms with E-state index in [0.29, 0.717) is 19.4 Å². The van der Waals surface area contributed by atoms with Crippen molar-refractivity contribution in [1.82, 2.24) is 9.62 Å². The van der Waals surface area contributed by atoms with Gasteiger partial charge in [-0.3, -0.25) is 4.79 Å². The number of carbonyl (C=O) groups is 1. The van der Waals surface area contributed by atoms with Crippen LogP contribution in [0.2, 0.25) is 0 Å². The van der Waals surface area contributed by atoms with Crippen LogP contribution in [-0.4, -0.2) is 56.7 Å². The summed E-state index contributed by atoms with van der Waals surface area (Å²) in [5.41, 5.74) is 0. The standard InChI is InChI=1S/C7H16N2O4S/c1-9(14(2,12)13)5-7(11)3-4-8-6-10/h6-7,11H,3-5H2,1-2H3,(H,8,10)/t7-/m0/s1. The number of likely N-dealkylation sites (N-methyl/N-ethyl adjacent to an activating group) is 1. The number of nitrogens with one attached hydrogen (secondary N) is 1. The molecule has 0 aromatic carbocycles. The molecule has 6 nitrogen and oxygen atoms in total. The number of sulfonamides is 1. The number of amides is 1. The van der Waals surface area contributed by atoms with Crippen LogP contribution in [0.4, 0.5) is 0 Å². The molecule has 1 amide bonds. The highest BCUT2D eigenvalue weighted by Crippen LogP contribution is 1.98. The lowest BCUT2D eigenvalue weighted by Gasteiger charge is -2.18. The molecule has 2 N–H and O–H groups in total. The molecule has 0 spiro atoms. The van der Waals surface area contributed by atoms with Gasteiger partial charge < -0.3 is 10.4 Å². The highest BCUT2D eigenvalue weighted by Gasteiger charge is 2.15. The average Bonchev–Trinajstić information content (AvgIpc) is 2.03. The molecule has 0 fully saturated rings. The van der Waals surface area contributed by atoms with Gasteiger partial charge >= 0.3 is 0 Å². The van der Waals surface area contributed by atoms with Gasteiger partial charge in [0.1, 0.15) is 0 Å². The third-order valence-electron chi connectivity index (χ3n) is 1.74. The first kappa shape index (κ1) is 13.3. The fraction of sp³-hybridized carbons (Fsp3) is 0.857. The molecule has 0 aromatic rings. The molecule has 0 aliphatic carbocycles. The van der Waals surface area contributed by atoms with Gasteiger partial charge in [-0.05, 0) is 6.42 Å². The maximum absolute atomic E-state index is 10.9. The number of hydrogen-bond acceptors (Lipinski definition) is 4. The molecule has 0 aromatic heterocycles. The zero-order chi connectivity index (χ0) is 11.2. The molecule has 14 heavy (non-hydrogen) atoms. The minimum atomic E-state index is -3.25. The van der Waals surface area contributed by atoms with E-state index in [1.54, 1.807) is 0 Å². The predicted molar refractivity (Wildman–Crippen MR) is 52.2 cm³/mol. The van der Waals surface area contributed by atoms with Crippen LogP contribution in [0, 0.1) is 0 Å². The summed E-state index contributed by atoms with van der Waals surface area (Å²) >= 11 is 0. The number of nitrogens with zero attached hydrogens (tertiary/aromatic N) is 1. The second-order valence-corrected chi connectivity index (χ2v) is 5.15. The Kier molecular flexibility index (Phi) is 5.66. The van der Waals surface area contributed by atoms with Crippen LogP contribution >= 0.6 is 0 Å². The number of carbonyl (C=O) groups excluding carboxylic acids is 1. The van der Waals surface area contributed by atoms with Crippen LogP contribution in [-0.2, 0) is 14.8 Å². The van der Waals surface area contributed by atoms with Gasteiger partial charge in [-0.25, -0.2) is 12.7 Å². The normalized spacial score (nSPS) is 14.0. The fourth-order valence-corrected chi connectivity index (χ4v) is 1.28. The quantitative estimate of drug-likeness (QED) is 0.402. The van der Waals surface area contributed by atoms with Crippen molar-refractivity contribution in [3.63, 3.8) is 0 Å². The van der Waals surface area contributed by atoms with Gasteiger partial charge in [-0.15, -0.1) is 0 Å². The second kappa shape index (κ2) is 5.94. The summed E-state index contributed by atoms with van der Waals surface area (Å²) in [5, 5.41) is 11.7. The van der Waals surface area contributed by atoms with Crippen LogP contribution in [0.15, 0.2) is 0 Å². The van der Waals surface area contributed by atoms with Crippen molar-refractivity contribution in [2.75, 3.05) is 26.4 Å². The monoisotopic (exact) mass is 224 g/mol.